The highest BCUT2D eigenvalue weighted by Crippen LogP contribution is 2.19. The molecule has 0 saturated heterocycles. The molecule has 166 valence electrons. The minimum atomic E-state index is -0.606. The number of hydrogen-bond acceptors (Lipinski definition) is 2. The molecule has 1 aliphatic rings. The third-order valence-corrected chi connectivity index (χ3v) is 6.31. The monoisotopic (exact) mass is 424 g/mol. The lowest BCUT2D eigenvalue weighted by Gasteiger charge is -2.31. The Labute approximate surface area is 184 Å². The van der Waals surface area contributed by atoms with E-state index in [1.54, 1.807) is 24.0 Å². The average molecular weight is 425 g/mol. The number of nitrogens with zero attached hydrogens (tertiary/aromatic N) is 1. The van der Waals surface area contributed by atoms with Crippen molar-refractivity contribution >= 4 is 11.8 Å². The number of nitrogens with one attached hydrogen (secondary N) is 1. The van der Waals surface area contributed by atoms with Crippen molar-refractivity contribution in [3.05, 3.63) is 70.5 Å². The van der Waals surface area contributed by atoms with Crippen LogP contribution in [0.15, 0.2) is 42.5 Å². The summed E-state index contributed by atoms with van der Waals surface area (Å²) in [6, 6.07) is 11.7. The second kappa shape index (κ2) is 10.6. The van der Waals surface area contributed by atoms with Gasteiger partial charge in [-0.2, -0.15) is 0 Å². The fourth-order valence-electron chi connectivity index (χ4n) is 4.13. The molecule has 1 atom stereocenters. The molecule has 5 heteroatoms. The summed E-state index contributed by atoms with van der Waals surface area (Å²) in [6.07, 6.45) is 5.69. The highest BCUT2D eigenvalue weighted by molar-refractivity contribution is 5.88. The number of hydrogen-bond donors (Lipinski definition) is 1. The molecule has 2 aromatic rings. The molecule has 4 nitrogen and oxygen atoms in total. The number of carbonyl (C=O) groups excluding carboxylic acids is 2. The van der Waals surface area contributed by atoms with Crippen molar-refractivity contribution < 1.29 is 14.0 Å². The van der Waals surface area contributed by atoms with Crippen LogP contribution in [0.1, 0.15) is 61.3 Å². The third kappa shape index (κ3) is 6.39. The second-order valence-corrected chi connectivity index (χ2v) is 8.76. The van der Waals surface area contributed by atoms with Crippen LogP contribution in [0.2, 0.25) is 0 Å². The van der Waals surface area contributed by atoms with E-state index in [0.29, 0.717) is 0 Å². The maximum atomic E-state index is 13.3. The molecular formula is C26H33FN2O2. The van der Waals surface area contributed by atoms with Gasteiger partial charge in [0.1, 0.15) is 11.9 Å². The second-order valence-electron chi connectivity index (χ2n) is 8.76. The van der Waals surface area contributed by atoms with Crippen LogP contribution in [0.4, 0.5) is 4.39 Å². The molecule has 1 N–H and O–H groups in total. The van der Waals surface area contributed by atoms with Gasteiger partial charge in [0.05, 0.1) is 6.42 Å². The third-order valence-electron chi connectivity index (χ3n) is 6.31. The van der Waals surface area contributed by atoms with E-state index in [-0.39, 0.29) is 36.6 Å². The summed E-state index contributed by atoms with van der Waals surface area (Å²) in [7, 11) is 0. The summed E-state index contributed by atoms with van der Waals surface area (Å²) in [5.41, 5.74) is 4.04. The number of amides is 2. The number of carbonyl (C=O) groups is 2. The molecule has 0 aromatic heterocycles. The average Bonchev–Trinajstić information content (AvgIpc) is 2.76. The summed E-state index contributed by atoms with van der Waals surface area (Å²) in [5, 5.41) is 3.14. The molecule has 2 amide bonds. The van der Waals surface area contributed by atoms with Gasteiger partial charge in [-0.25, -0.2) is 4.39 Å². The lowest BCUT2D eigenvalue weighted by molar-refractivity contribution is -0.140. The van der Waals surface area contributed by atoms with Crippen LogP contribution < -0.4 is 5.32 Å². The highest BCUT2D eigenvalue weighted by atomic mass is 19.1. The van der Waals surface area contributed by atoms with Crippen LogP contribution in [0, 0.1) is 19.7 Å². The number of halogens is 1. The fraction of sp³-hybridized carbons (Fsp3) is 0.462. The largest absolute Gasteiger partial charge is 0.352 e. The first-order valence-electron chi connectivity index (χ1n) is 11.2. The molecule has 1 saturated carbocycles. The number of rotatable bonds is 7. The Hall–Kier alpha value is -2.69. The van der Waals surface area contributed by atoms with E-state index in [9.17, 15) is 14.0 Å². The van der Waals surface area contributed by atoms with E-state index in [4.69, 9.17) is 0 Å². The molecule has 1 aliphatic carbocycles. The molecule has 0 bridgehead atoms. The van der Waals surface area contributed by atoms with Gasteiger partial charge in [0.25, 0.3) is 0 Å². The zero-order valence-corrected chi connectivity index (χ0v) is 18.8. The zero-order chi connectivity index (χ0) is 22.4. The van der Waals surface area contributed by atoms with Crippen LogP contribution in [0.5, 0.6) is 0 Å². The number of aryl methyl sites for hydroxylation is 2. The van der Waals surface area contributed by atoms with Gasteiger partial charge in [0.15, 0.2) is 0 Å². The van der Waals surface area contributed by atoms with Gasteiger partial charge in [-0.05, 0) is 68.0 Å². The van der Waals surface area contributed by atoms with Gasteiger partial charge in [-0.3, -0.25) is 9.59 Å². The summed E-state index contributed by atoms with van der Waals surface area (Å²) in [5.74, 6) is -0.554. The molecular weight excluding hydrogens is 391 g/mol. The van der Waals surface area contributed by atoms with Crippen molar-refractivity contribution in [2.24, 2.45) is 0 Å². The van der Waals surface area contributed by atoms with Gasteiger partial charge in [-0.1, -0.05) is 49.6 Å². The van der Waals surface area contributed by atoms with Gasteiger partial charge in [0, 0.05) is 12.6 Å². The first-order valence-corrected chi connectivity index (χ1v) is 11.2. The van der Waals surface area contributed by atoms with Crippen LogP contribution in [0.3, 0.4) is 0 Å². The predicted octanol–water partition coefficient (Wildman–Crippen LogP) is 4.85. The summed E-state index contributed by atoms with van der Waals surface area (Å²) >= 11 is 0. The maximum absolute atomic E-state index is 13.3. The summed E-state index contributed by atoms with van der Waals surface area (Å²) in [6.45, 7) is 6.11. The standard InChI is InChI=1S/C26H33FN2O2/c1-18-9-10-22(15-19(18)2)16-25(30)29(17-21-11-13-23(27)14-12-21)20(3)26(31)28-24-7-5-4-6-8-24/h9-15,20,24H,4-8,16-17H2,1-3H3,(H,28,31). The van der Waals surface area contributed by atoms with Gasteiger partial charge in [0.2, 0.25) is 11.8 Å². The Bertz CT molecular complexity index is 904. The molecule has 1 fully saturated rings. The minimum Gasteiger partial charge on any atom is -0.352 e. The normalized spacial score (nSPS) is 15.4. The van der Waals surface area contributed by atoms with Gasteiger partial charge >= 0.3 is 0 Å². The van der Waals surface area contributed by atoms with Crippen LogP contribution in [-0.2, 0) is 22.6 Å². The molecule has 0 radical (unpaired) electrons. The quantitative estimate of drug-likeness (QED) is 0.691. The minimum absolute atomic E-state index is 0.112. The van der Waals surface area contributed by atoms with Crippen molar-refractivity contribution in [3.63, 3.8) is 0 Å². The lowest BCUT2D eigenvalue weighted by Crippen LogP contribution is -2.50. The molecule has 0 spiro atoms. The molecule has 31 heavy (non-hydrogen) atoms. The SMILES string of the molecule is Cc1ccc(CC(=O)N(Cc2ccc(F)cc2)C(C)C(=O)NC2CCCCC2)cc1C. The Morgan fingerprint density at radius 3 is 2.29 bits per heavy atom. The van der Waals surface area contributed by atoms with Crippen molar-refractivity contribution in [1.82, 2.24) is 10.2 Å². The van der Waals surface area contributed by atoms with E-state index in [1.165, 1.54) is 24.1 Å². The van der Waals surface area contributed by atoms with Crippen molar-refractivity contribution in [2.45, 2.75) is 77.9 Å². The lowest BCUT2D eigenvalue weighted by atomic mass is 9.95. The molecule has 2 aromatic carbocycles. The predicted molar refractivity (Wildman–Crippen MR) is 121 cm³/mol. The van der Waals surface area contributed by atoms with Crippen LogP contribution in [-0.4, -0.2) is 28.8 Å². The highest BCUT2D eigenvalue weighted by Gasteiger charge is 2.28. The smallest absolute Gasteiger partial charge is 0.242 e. The van der Waals surface area contributed by atoms with E-state index >= 15 is 0 Å². The Balaban J connectivity index is 1.76. The van der Waals surface area contributed by atoms with Crippen LogP contribution >= 0.6 is 0 Å². The van der Waals surface area contributed by atoms with Crippen LogP contribution in [0.25, 0.3) is 0 Å². The van der Waals surface area contributed by atoms with E-state index in [2.05, 4.69) is 5.32 Å². The Morgan fingerprint density at radius 1 is 1.00 bits per heavy atom. The summed E-state index contributed by atoms with van der Waals surface area (Å²) in [4.78, 5) is 27.9. The number of benzene rings is 2. The Morgan fingerprint density at radius 2 is 1.65 bits per heavy atom. The maximum Gasteiger partial charge on any atom is 0.242 e. The van der Waals surface area contributed by atoms with E-state index in [1.807, 2.05) is 32.0 Å². The molecule has 0 aliphatic heterocycles. The van der Waals surface area contributed by atoms with E-state index < -0.39 is 6.04 Å². The summed E-state index contributed by atoms with van der Waals surface area (Å²) < 4.78 is 13.3. The zero-order valence-electron chi connectivity index (χ0n) is 18.8. The molecule has 1 unspecified atom stereocenters. The first kappa shape index (κ1) is 23.0. The van der Waals surface area contributed by atoms with E-state index in [0.717, 1.165) is 42.4 Å². The molecule has 0 heterocycles. The Kier molecular flexibility index (Phi) is 7.83. The van der Waals surface area contributed by atoms with Gasteiger partial charge < -0.3 is 10.2 Å². The topological polar surface area (TPSA) is 49.4 Å². The van der Waals surface area contributed by atoms with Crippen molar-refractivity contribution in [3.8, 4) is 0 Å². The van der Waals surface area contributed by atoms with Crippen molar-refractivity contribution in [1.29, 1.82) is 0 Å². The fourth-order valence-corrected chi connectivity index (χ4v) is 4.13. The molecule has 3 rings (SSSR count). The first-order chi connectivity index (χ1) is 14.8. The van der Waals surface area contributed by atoms with Gasteiger partial charge in [-0.15, -0.1) is 0 Å². The van der Waals surface area contributed by atoms with Crippen molar-refractivity contribution in [2.75, 3.05) is 0 Å².